The molecule has 0 spiro atoms. The Morgan fingerprint density at radius 2 is 2.86 bits per heavy atom. The van der Waals surface area contributed by atoms with Crippen LogP contribution in [0.4, 0.5) is 0 Å². The zero-order chi connectivity index (χ0) is 5.11. The summed E-state index contributed by atoms with van der Waals surface area (Å²) in [5, 5.41) is 0. The summed E-state index contributed by atoms with van der Waals surface area (Å²) >= 11 is 0. The highest BCUT2D eigenvalue weighted by Gasteiger charge is 1.97. The van der Waals surface area contributed by atoms with Crippen molar-refractivity contribution in [2.24, 2.45) is 4.99 Å². The van der Waals surface area contributed by atoms with Crippen molar-refractivity contribution in [3.8, 4) is 0 Å². The van der Waals surface area contributed by atoms with Crippen LogP contribution in [0.15, 0.2) is 10.8 Å². The Labute approximate surface area is 40.3 Å². The molecule has 1 aliphatic heterocycles. The molecule has 0 fully saturated rings. The monoisotopic (exact) mass is 97.0 g/mol. The van der Waals surface area contributed by atoms with Crippen molar-refractivity contribution < 1.29 is 9.53 Å². The molecular weight excluding hydrogens is 94.0 g/mol. The number of rotatable bonds is 0. The number of nitrogens with zero attached hydrogens (tertiary/aromatic N) is 1. The third-order valence-electron chi connectivity index (χ3n) is 0.604. The lowest BCUT2D eigenvalue weighted by Gasteiger charge is -1.83. The second-order valence-corrected chi connectivity index (χ2v) is 1.05. The van der Waals surface area contributed by atoms with E-state index in [4.69, 9.17) is 0 Å². The molecule has 0 unspecified atom stereocenters. The number of allylic oxidation sites excluding steroid dienone is 1. The zero-order valence-corrected chi connectivity index (χ0v) is 3.55. The molecule has 1 rings (SSSR count). The van der Waals surface area contributed by atoms with E-state index in [1.165, 1.54) is 6.21 Å². The van der Waals surface area contributed by atoms with Crippen molar-refractivity contribution in [1.82, 2.24) is 0 Å². The maximum atomic E-state index is 9.63. The minimum absolute atomic E-state index is 0.194. The molecule has 0 atom stereocenters. The highest BCUT2D eigenvalue weighted by molar-refractivity contribution is 5.87. The predicted octanol–water partition coefficient (Wildman–Crippen LogP) is -0.240. The van der Waals surface area contributed by atoms with Gasteiger partial charge in [0.25, 0.3) is 0 Å². The van der Waals surface area contributed by atoms with Gasteiger partial charge in [-0.25, -0.2) is 9.79 Å². The molecule has 0 saturated heterocycles. The topological polar surface area (TPSA) is 38.7 Å². The molecule has 3 nitrogen and oxygen atoms in total. The van der Waals surface area contributed by atoms with E-state index < -0.39 is 0 Å². The summed E-state index contributed by atoms with van der Waals surface area (Å²) in [4.78, 5) is 13.2. The summed E-state index contributed by atoms with van der Waals surface area (Å²) in [5.41, 5.74) is 0. The highest BCUT2D eigenvalue weighted by atomic mass is 16.5. The maximum absolute atomic E-state index is 9.63. The maximum Gasteiger partial charge on any atom is 0.223 e. The van der Waals surface area contributed by atoms with Crippen LogP contribution < -0.4 is 0 Å². The Morgan fingerprint density at radius 3 is 3.14 bits per heavy atom. The number of aliphatic imine (C=N–C) groups is 1. The van der Waals surface area contributed by atoms with Crippen molar-refractivity contribution in [3.63, 3.8) is 0 Å². The quantitative estimate of drug-likeness (QED) is 0.391. The van der Waals surface area contributed by atoms with E-state index in [2.05, 4.69) is 9.73 Å². The van der Waals surface area contributed by atoms with Crippen LogP contribution in [0.25, 0.3) is 0 Å². The highest BCUT2D eigenvalue weighted by Crippen LogP contribution is 1.94. The first-order valence-corrected chi connectivity index (χ1v) is 1.81. The number of hydrogen-bond acceptors (Lipinski definition) is 3. The van der Waals surface area contributed by atoms with E-state index in [0.717, 1.165) is 0 Å². The van der Waals surface area contributed by atoms with Crippen molar-refractivity contribution in [1.29, 1.82) is 0 Å². The van der Waals surface area contributed by atoms with Gasteiger partial charge in [0, 0.05) is 0 Å². The van der Waals surface area contributed by atoms with E-state index in [1.54, 1.807) is 5.94 Å². The first-order valence-electron chi connectivity index (χ1n) is 1.81. The van der Waals surface area contributed by atoms with Gasteiger partial charge in [-0.05, 0) is 0 Å². The van der Waals surface area contributed by atoms with E-state index >= 15 is 0 Å². The largest absolute Gasteiger partial charge is 0.459 e. The Kier molecular flexibility index (Phi) is 0.922. The molecule has 0 aromatic carbocycles. The molecular formula is C4H3NO2. The number of hydrogen-bond donors (Lipinski definition) is 0. The fraction of sp³-hybridized carbons (Fsp3) is 0.250. The minimum atomic E-state index is 0.194. The summed E-state index contributed by atoms with van der Waals surface area (Å²) < 4.78 is 4.57. The summed E-state index contributed by atoms with van der Waals surface area (Å²) in [5.74, 6) is 1.75. The van der Waals surface area contributed by atoms with Crippen LogP contribution in [-0.2, 0) is 9.53 Å². The smallest absolute Gasteiger partial charge is 0.223 e. The van der Waals surface area contributed by atoms with Gasteiger partial charge in [0.1, 0.15) is 0 Å². The molecule has 0 N–H and O–H groups in total. The Morgan fingerprint density at radius 1 is 2.00 bits per heavy atom. The Hall–Kier alpha value is -1.08. The number of ether oxygens (including phenoxy) is 1. The zero-order valence-electron chi connectivity index (χ0n) is 3.55. The van der Waals surface area contributed by atoms with Crippen LogP contribution in [0.5, 0.6) is 0 Å². The Balaban J connectivity index is 2.77. The van der Waals surface area contributed by atoms with Gasteiger partial charge in [-0.3, -0.25) is 0 Å². The summed E-state index contributed by atoms with van der Waals surface area (Å²) in [6.07, 6.45) is 1.35. The normalized spacial score (nSPS) is 16.3. The molecule has 0 bridgehead atoms. The molecule has 0 amide bonds. The average Bonchev–Trinajstić information content (AvgIpc) is 2.14. The van der Waals surface area contributed by atoms with Crippen molar-refractivity contribution in [2.45, 2.75) is 0 Å². The summed E-state index contributed by atoms with van der Waals surface area (Å²) in [6.45, 7) is 0.268. The second kappa shape index (κ2) is 1.58. The molecule has 0 saturated carbocycles. The lowest BCUT2D eigenvalue weighted by Crippen LogP contribution is -1.81. The average molecular weight is 97.1 g/mol. The molecule has 7 heavy (non-hydrogen) atoms. The van der Waals surface area contributed by atoms with Crippen LogP contribution >= 0.6 is 0 Å². The van der Waals surface area contributed by atoms with Gasteiger partial charge in [-0.15, -0.1) is 0 Å². The van der Waals surface area contributed by atoms with Crippen molar-refractivity contribution >= 4 is 12.2 Å². The fourth-order valence-corrected chi connectivity index (χ4v) is 0.320. The second-order valence-electron chi connectivity index (χ2n) is 1.05. The van der Waals surface area contributed by atoms with Gasteiger partial charge in [-0.2, -0.15) is 0 Å². The van der Waals surface area contributed by atoms with Crippen LogP contribution in [0.1, 0.15) is 0 Å². The molecule has 36 valence electrons. The van der Waals surface area contributed by atoms with E-state index in [1.807, 2.05) is 0 Å². The van der Waals surface area contributed by atoms with Crippen LogP contribution in [-0.4, -0.2) is 18.9 Å². The Bertz CT molecular complexity index is 144. The van der Waals surface area contributed by atoms with Crippen molar-refractivity contribution in [3.05, 3.63) is 5.76 Å². The van der Waals surface area contributed by atoms with Crippen LogP contribution in [0.2, 0.25) is 0 Å². The summed E-state index contributed by atoms with van der Waals surface area (Å²) in [6, 6.07) is 0. The van der Waals surface area contributed by atoms with Crippen LogP contribution in [0, 0.1) is 0 Å². The molecule has 0 radical (unpaired) electrons. The van der Waals surface area contributed by atoms with Crippen molar-refractivity contribution in [2.75, 3.05) is 6.73 Å². The molecule has 1 heterocycles. The third kappa shape index (κ3) is 0.669. The molecule has 0 aliphatic carbocycles. The lowest BCUT2D eigenvalue weighted by atomic mass is 10.6. The van der Waals surface area contributed by atoms with Crippen LogP contribution in [0.3, 0.4) is 0 Å². The first-order chi connectivity index (χ1) is 3.43. The SMILES string of the molecule is O=C=C1C=NCO1. The molecule has 1 aliphatic rings. The molecule has 0 aromatic rings. The van der Waals surface area contributed by atoms with Gasteiger partial charge in [0.15, 0.2) is 12.7 Å². The van der Waals surface area contributed by atoms with Gasteiger partial charge < -0.3 is 4.74 Å². The lowest BCUT2D eigenvalue weighted by molar-refractivity contribution is 0.264. The molecule has 3 heteroatoms. The van der Waals surface area contributed by atoms with E-state index in [9.17, 15) is 4.79 Å². The standard InChI is InChI=1S/C4H3NO2/c6-2-4-1-5-3-7-4/h1H,3H2. The van der Waals surface area contributed by atoms with E-state index in [0.29, 0.717) is 0 Å². The van der Waals surface area contributed by atoms with E-state index in [-0.39, 0.29) is 12.5 Å². The van der Waals surface area contributed by atoms with Gasteiger partial charge in [0.05, 0.1) is 6.21 Å². The molecule has 0 aromatic heterocycles. The first kappa shape index (κ1) is 4.09. The minimum Gasteiger partial charge on any atom is -0.459 e. The number of carbonyl (C=O) groups excluding carboxylic acids is 1. The fourth-order valence-electron chi connectivity index (χ4n) is 0.320. The predicted molar refractivity (Wildman–Crippen MR) is 23.7 cm³/mol. The summed E-state index contributed by atoms with van der Waals surface area (Å²) in [7, 11) is 0. The van der Waals surface area contributed by atoms with Gasteiger partial charge in [-0.1, -0.05) is 0 Å². The third-order valence-corrected chi connectivity index (χ3v) is 0.604. The van der Waals surface area contributed by atoms with Gasteiger partial charge in [0.2, 0.25) is 5.76 Å². The van der Waals surface area contributed by atoms with Gasteiger partial charge >= 0.3 is 0 Å².